The number of carbonyl (C=O) groups excluding carboxylic acids is 1. The highest BCUT2D eigenvalue weighted by Crippen LogP contribution is 2.29. The summed E-state index contributed by atoms with van der Waals surface area (Å²) in [6, 6.07) is 15.6. The molecule has 0 atom stereocenters. The second-order valence-electron chi connectivity index (χ2n) is 6.75. The zero-order valence-corrected chi connectivity index (χ0v) is 14.8. The summed E-state index contributed by atoms with van der Waals surface area (Å²) in [5, 5.41) is 6.26. The number of benzene rings is 2. The fraction of sp³-hybridized carbons (Fsp3) is 0.350. The van der Waals surface area contributed by atoms with E-state index in [4.69, 9.17) is 4.74 Å². The average Bonchev–Trinajstić information content (AvgIpc) is 2.55. The Morgan fingerprint density at radius 2 is 1.71 bits per heavy atom. The molecular formula is C20H26N2O2. The van der Waals surface area contributed by atoms with Crippen molar-refractivity contribution < 1.29 is 9.53 Å². The van der Waals surface area contributed by atoms with Crippen LogP contribution in [0.4, 0.5) is 11.4 Å². The maximum Gasteiger partial charge on any atom is 0.226 e. The lowest BCUT2D eigenvalue weighted by atomic mass is 9.86. The van der Waals surface area contributed by atoms with Crippen LogP contribution in [-0.2, 0) is 10.2 Å². The largest absolute Gasteiger partial charge is 0.497 e. The Hall–Kier alpha value is -2.49. The van der Waals surface area contributed by atoms with Crippen LogP contribution in [-0.4, -0.2) is 19.6 Å². The Morgan fingerprint density at radius 1 is 1.04 bits per heavy atom. The first-order valence-corrected chi connectivity index (χ1v) is 8.17. The molecule has 2 aromatic carbocycles. The molecule has 0 radical (unpaired) electrons. The van der Waals surface area contributed by atoms with Gasteiger partial charge in [0.2, 0.25) is 5.91 Å². The standard InChI is InChI=1S/C20H26N2O2/c1-20(2,3)17-7-5-6-8-18(17)21-14-13-19(23)22-15-9-11-16(24-4)12-10-15/h5-12,21H,13-14H2,1-4H3,(H,22,23). The van der Waals surface area contributed by atoms with Crippen LogP contribution in [0, 0.1) is 0 Å². The van der Waals surface area contributed by atoms with Gasteiger partial charge in [-0.2, -0.15) is 0 Å². The van der Waals surface area contributed by atoms with Gasteiger partial charge in [0.1, 0.15) is 5.75 Å². The molecule has 0 aliphatic rings. The number of rotatable bonds is 6. The number of para-hydroxylation sites is 1. The minimum atomic E-state index is -0.0130. The van der Waals surface area contributed by atoms with Gasteiger partial charge in [0.15, 0.2) is 0 Å². The molecular weight excluding hydrogens is 300 g/mol. The first-order chi connectivity index (χ1) is 11.4. The molecule has 4 nitrogen and oxygen atoms in total. The lowest BCUT2D eigenvalue weighted by Gasteiger charge is -2.23. The van der Waals surface area contributed by atoms with Crippen molar-refractivity contribution in [3.05, 3.63) is 54.1 Å². The van der Waals surface area contributed by atoms with Crippen LogP contribution in [0.5, 0.6) is 5.75 Å². The minimum absolute atomic E-state index is 0.0130. The van der Waals surface area contributed by atoms with Gasteiger partial charge >= 0.3 is 0 Å². The number of methoxy groups -OCH3 is 1. The first-order valence-electron chi connectivity index (χ1n) is 8.17. The molecule has 0 aliphatic heterocycles. The molecule has 2 rings (SSSR count). The normalized spacial score (nSPS) is 11.0. The molecule has 24 heavy (non-hydrogen) atoms. The van der Waals surface area contributed by atoms with Gasteiger partial charge < -0.3 is 15.4 Å². The van der Waals surface area contributed by atoms with Crippen molar-refractivity contribution in [3.8, 4) is 5.75 Å². The third kappa shape index (κ3) is 5.01. The predicted molar refractivity (Wildman–Crippen MR) is 99.9 cm³/mol. The molecule has 0 saturated carbocycles. The highest BCUT2D eigenvalue weighted by molar-refractivity contribution is 5.91. The van der Waals surface area contributed by atoms with Crippen molar-refractivity contribution in [2.75, 3.05) is 24.3 Å². The molecule has 0 unspecified atom stereocenters. The van der Waals surface area contributed by atoms with Crippen molar-refractivity contribution in [2.24, 2.45) is 0 Å². The fourth-order valence-corrected chi connectivity index (χ4v) is 2.50. The van der Waals surface area contributed by atoms with Gasteiger partial charge in [-0.3, -0.25) is 4.79 Å². The Morgan fingerprint density at radius 3 is 2.33 bits per heavy atom. The van der Waals surface area contributed by atoms with Gasteiger partial charge in [-0.15, -0.1) is 0 Å². The number of anilines is 2. The van der Waals surface area contributed by atoms with Crippen molar-refractivity contribution in [1.29, 1.82) is 0 Å². The van der Waals surface area contributed by atoms with Crippen LogP contribution in [0.15, 0.2) is 48.5 Å². The zero-order valence-electron chi connectivity index (χ0n) is 14.8. The number of hydrogen-bond acceptors (Lipinski definition) is 3. The fourth-order valence-electron chi connectivity index (χ4n) is 2.50. The van der Waals surface area contributed by atoms with E-state index in [1.54, 1.807) is 7.11 Å². The van der Waals surface area contributed by atoms with Gasteiger partial charge in [-0.1, -0.05) is 39.0 Å². The lowest BCUT2D eigenvalue weighted by molar-refractivity contribution is -0.115. The molecule has 0 aromatic heterocycles. The van der Waals surface area contributed by atoms with E-state index in [9.17, 15) is 4.79 Å². The molecule has 0 heterocycles. The number of ether oxygens (including phenoxy) is 1. The van der Waals surface area contributed by atoms with Crippen molar-refractivity contribution in [2.45, 2.75) is 32.6 Å². The van der Waals surface area contributed by atoms with E-state index in [-0.39, 0.29) is 11.3 Å². The Bertz CT molecular complexity index is 673. The van der Waals surface area contributed by atoms with Crippen LogP contribution >= 0.6 is 0 Å². The van der Waals surface area contributed by atoms with Gasteiger partial charge in [-0.05, 0) is 41.3 Å². The second kappa shape index (κ2) is 7.86. The summed E-state index contributed by atoms with van der Waals surface area (Å²) >= 11 is 0. The lowest BCUT2D eigenvalue weighted by Crippen LogP contribution is -2.19. The SMILES string of the molecule is COc1ccc(NC(=O)CCNc2ccccc2C(C)(C)C)cc1. The Kier molecular flexibility index (Phi) is 5.85. The number of nitrogens with one attached hydrogen (secondary N) is 2. The molecule has 1 amide bonds. The molecule has 128 valence electrons. The zero-order chi connectivity index (χ0) is 17.6. The summed E-state index contributed by atoms with van der Waals surface area (Å²) in [7, 11) is 1.62. The highest BCUT2D eigenvalue weighted by atomic mass is 16.5. The maximum absolute atomic E-state index is 12.1. The quantitative estimate of drug-likeness (QED) is 0.825. The monoisotopic (exact) mass is 326 g/mol. The van der Waals surface area contributed by atoms with Crippen LogP contribution in [0.2, 0.25) is 0 Å². The Balaban J connectivity index is 1.87. The molecule has 2 aromatic rings. The van der Waals surface area contributed by atoms with Crippen LogP contribution in [0.25, 0.3) is 0 Å². The van der Waals surface area contributed by atoms with E-state index in [1.807, 2.05) is 36.4 Å². The number of hydrogen-bond donors (Lipinski definition) is 2. The predicted octanol–water partition coefficient (Wildman–Crippen LogP) is 4.43. The van der Waals surface area contributed by atoms with Crippen LogP contribution < -0.4 is 15.4 Å². The van der Waals surface area contributed by atoms with Crippen molar-refractivity contribution in [1.82, 2.24) is 0 Å². The number of amides is 1. The van der Waals surface area contributed by atoms with E-state index in [1.165, 1.54) is 5.56 Å². The molecule has 4 heteroatoms. The Labute approximate surface area is 144 Å². The van der Waals surface area contributed by atoms with E-state index < -0.39 is 0 Å². The van der Waals surface area contributed by atoms with E-state index in [0.29, 0.717) is 13.0 Å². The average molecular weight is 326 g/mol. The van der Waals surface area contributed by atoms with Gasteiger partial charge in [0.25, 0.3) is 0 Å². The van der Waals surface area contributed by atoms with Gasteiger partial charge in [0.05, 0.1) is 7.11 Å². The second-order valence-corrected chi connectivity index (χ2v) is 6.75. The third-order valence-electron chi connectivity index (χ3n) is 3.78. The summed E-state index contributed by atoms with van der Waals surface area (Å²) in [6.45, 7) is 7.15. The van der Waals surface area contributed by atoms with Crippen molar-refractivity contribution >= 4 is 17.3 Å². The summed E-state index contributed by atoms with van der Waals surface area (Å²) in [5.74, 6) is 0.759. The third-order valence-corrected chi connectivity index (χ3v) is 3.78. The molecule has 0 saturated heterocycles. The molecule has 2 N–H and O–H groups in total. The molecule has 0 bridgehead atoms. The molecule has 0 fully saturated rings. The minimum Gasteiger partial charge on any atom is -0.497 e. The van der Waals surface area contributed by atoms with E-state index in [0.717, 1.165) is 17.1 Å². The van der Waals surface area contributed by atoms with E-state index >= 15 is 0 Å². The van der Waals surface area contributed by atoms with E-state index in [2.05, 4.69) is 43.5 Å². The summed E-state index contributed by atoms with van der Waals surface area (Å²) < 4.78 is 5.10. The van der Waals surface area contributed by atoms with Gasteiger partial charge in [0, 0.05) is 24.3 Å². The highest BCUT2D eigenvalue weighted by Gasteiger charge is 2.17. The smallest absolute Gasteiger partial charge is 0.226 e. The molecule has 0 aliphatic carbocycles. The summed E-state index contributed by atoms with van der Waals surface area (Å²) in [5.41, 5.74) is 3.17. The van der Waals surface area contributed by atoms with Crippen LogP contribution in [0.3, 0.4) is 0 Å². The first kappa shape index (κ1) is 17.9. The van der Waals surface area contributed by atoms with Crippen molar-refractivity contribution in [3.63, 3.8) is 0 Å². The number of carbonyl (C=O) groups is 1. The molecule has 0 spiro atoms. The maximum atomic E-state index is 12.1. The van der Waals surface area contributed by atoms with Crippen LogP contribution in [0.1, 0.15) is 32.8 Å². The van der Waals surface area contributed by atoms with Gasteiger partial charge in [-0.25, -0.2) is 0 Å². The topological polar surface area (TPSA) is 50.4 Å². The summed E-state index contributed by atoms with van der Waals surface area (Å²) in [6.07, 6.45) is 0.407. The summed E-state index contributed by atoms with van der Waals surface area (Å²) in [4.78, 5) is 12.1.